The van der Waals surface area contributed by atoms with E-state index >= 15 is 0 Å². The predicted molar refractivity (Wildman–Crippen MR) is 80.8 cm³/mol. The molecule has 1 aromatic carbocycles. The number of hydrogen-bond donors (Lipinski definition) is 1. The van der Waals surface area contributed by atoms with E-state index in [2.05, 4.69) is 12.2 Å². The first kappa shape index (κ1) is 16.0. The first-order valence-electron chi connectivity index (χ1n) is 6.36. The molecule has 0 aliphatic rings. The number of ether oxygens (including phenoxy) is 3. The molecule has 0 fully saturated rings. The second kappa shape index (κ2) is 8.93. The summed E-state index contributed by atoms with van der Waals surface area (Å²) in [6.07, 6.45) is 0. The molecule has 0 saturated heterocycles. The van der Waals surface area contributed by atoms with Gasteiger partial charge < -0.3 is 19.5 Å². The summed E-state index contributed by atoms with van der Waals surface area (Å²) in [6, 6.07) is 3.95. The fourth-order valence-corrected chi connectivity index (χ4v) is 2.22. The van der Waals surface area contributed by atoms with E-state index in [0.717, 1.165) is 23.6 Å². The van der Waals surface area contributed by atoms with Crippen molar-refractivity contribution in [1.29, 1.82) is 0 Å². The molecule has 19 heavy (non-hydrogen) atoms. The van der Waals surface area contributed by atoms with Crippen molar-refractivity contribution in [1.82, 2.24) is 5.32 Å². The summed E-state index contributed by atoms with van der Waals surface area (Å²) in [4.78, 5) is 0. The van der Waals surface area contributed by atoms with E-state index in [1.807, 2.05) is 30.9 Å². The summed E-state index contributed by atoms with van der Waals surface area (Å²) in [6.45, 7) is 3.55. The minimum atomic E-state index is 0.649. The first-order valence-corrected chi connectivity index (χ1v) is 7.52. The average Bonchev–Trinajstić information content (AvgIpc) is 2.44. The molecule has 0 unspecified atom stereocenters. The zero-order valence-corrected chi connectivity index (χ0v) is 12.9. The van der Waals surface area contributed by atoms with E-state index in [4.69, 9.17) is 14.2 Å². The van der Waals surface area contributed by atoms with Gasteiger partial charge in [-0.2, -0.15) is 11.8 Å². The Morgan fingerprint density at radius 2 is 1.79 bits per heavy atom. The van der Waals surface area contributed by atoms with Crippen LogP contribution >= 0.6 is 11.8 Å². The molecule has 0 radical (unpaired) electrons. The normalized spacial score (nSPS) is 10.3. The monoisotopic (exact) mass is 285 g/mol. The van der Waals surface area contributed by atoms with Crippen molar-refractivity contribution in [3.05, 3.63) is 17.7 Å². The van der Waals surface area contributed by atoms with Gasteiger partial charge in [0.15, 0.2) is 11.5 Å². The SMILES string of the molecule is CCSCCOc1c(OC)cc(CNC)cc1OC. The van der Waals surface area contributed by atoms with E-state index in [1.165, 1.54) is 0 Å². The Bertz CT molecular complexity index is 360. The van der Waals surface area contributed by atoms with E-state index in [9.17, 15) is 0 Å². The molecule has 108 valence electrons. The number of nitrogens with one attached hydrogen (secondary N) is 1. The standard InChI is InChI=1S/C14H23NO3S/c1-5-19-7-6-18-14-12(16-3)8-11(10-15-2)9-13(14)17-4/h8-9,15H,5-7,10H2,1-4H3. The van der Waals surface area contributed by atoms with Crippen LogP contribution in [-0.4, -0.2) is 39.4 Å². The van der Waals surface area contributed by atoms with Gasteiger partial charge >= 0.3 is 0 Å². The molecule has 0 aromatic heterocycles. The second-order valence-corrected chi connectivity index (χ2v) is 5.30. The number of hydrogen-bond acceptors (Lipinski definition) is 5. The van der Waals surface area contributed by atoms with Crippen LogP contribution in [0.25, 0.3) is 0 Å². The molecular formula is C14H23NO3S. The van der Waals surface area contributed by atoms with Crippen LogP contribution in [0.2, 0.25) is 0 Å². The maximum absolute atomic E-state index is 5.79. The molecule has 5 heteroatoms. The van der Waals surface area contributed by atoms with Crippen LogP contribution in [0.3, 0.4) is 0 Å². The minimum absolute atomic E-state index is 0.649. The Hall–Kier alpha value is -1.07. The third-order valence-electron chi connectivity index (χ3n) is 2.58. The molecule has 0 heterocycles. The fraction of sp³-hybridized carbons (Fsp3) is 0.571. The Labute approximate surface area is 119 Å². The Kier molecular flexibility index (Phi) is 7.52. The fourth-order valence-electron chi connectivity index (χ4n) is 1.73. The van der Waals surface area contributed by atoms with Crippen molar-refractivity contribution in [2.24, 2.45) is 0 Å². The summed E-state index contributed by atoms with van der Waals surface area (Å²) in [7, 11) is 5.20. The number of thioether (sulfide) groups is 1. The van der Waals surface area contributed by atoms with Gasteiger partial charge in [0.1, 0.15) is 0 Å². The highest BCUT2D eigenvalue weighted by Gasteiger charge is 2.13. The Balaban J connectivity index is 2.86. The van der Waals surface area contributed by atoms with Crippen molar-refractivity contribution in [3.63, 3.8) is 0 Å². The van der Waals surface area contributed by atoms with Gasteiger partial charge in [-0.1, -0.05) is 6.92 Å². The molecule has 0 atom stereocenters. The van der Waals surface area contributed by atoms with Crippen LogP contribution in [0.15, 0.2) is 12.1 Å². The maximum atomic E-state index is 5.79. The summed E-state index contributed by atoms with van der Waals surface area (Å²) >= 11 is 1.85. The molecule has 0 amide bonds. The van der Waals surface area contributed by atoms with Gasteiger partial charge in [-0.15, -0.1) is 0 Å². The van der Waals surface area contributed by atoms with Crippen LogP contribution in [-0.2, 0) is 6.54 Å². The van der Waals surface area contributed by atoms with Gasteiger partial charge in [0.05, 0.1) is 20.8 Å². The zero-order chi connectivity index (χ0) is 14.1. The van der Waals surface area contributed by atoms with Crippen LogP contribution in [0, 0.1) is 0 Å². The lowest BCUT2D eigenvalue weighted by Crippen LogP contribution is -2.08. The summed E-state index contributed by atoms with van der Waals surface area (Å²) < 4.78 is 16.6. The molecule has 1 N–H and O–H groups in total. The van der Waals surface area contributed by atoms with Gasteiger partial charge in [-0.3, -0.25) is 0 Å². The highest BCUT2D eigenvalue weighted by Crippen LogP contribution is 2.38. The minimum Gasteiger partial charge on any atom is -0.493 e. The molecule has 1 rings (SSSR count). The van der Waals surface area contributed by atoms with Crippen molar-refractivity contribution in [2.75, 3.05) is 39.4 Å². The van der Waals surface area contributed by atoms with Gasteiger partial charge in [0.2, 0.25) is 5.75 Å². The number of benzene rings is 1. The van der Waals surface area contributed by atoms with E-state index < -0.39 is 0 Å². The van der Waals surface area contributed by atoms with Gasteiger partial charge in [0.25, 0.3) is 0 Å². The summed E-state index contributed by atoms with van der Waals surface area (Å²) in [5, 5.41) is 3.11. The van der Waals surface area contributed by atoms with E-state index in [1.54, 1.807) is 14.2 Å². The van der Waals surface area contributed by atoms with Gasteiger partial charge in [-0.25, -0.2) is 0 Å². The van der Waals surface area contributed by atoms with Crippen molar-refractivity contribution < 1.29 is 14.2 Å². The smallest absolute Gasteiger partial charge is 0.203 e. The molecule has 0 saturated carbocycles. The zero-order valence-electron chi connectivity index (χ0n) is 12.1. The highest BCUT2D eigenvalue weighted by atomic mass is 32.2. The Morgan fingerprint density at radius 1 is 1.16 bits per heavy atom. The molecule has 0 aliphatic carbocycles. The van der Waals surface area contributed by atoms with Crippen LogP contribution in [0.4, 0.5) is 0 Å². The molecule has 4 nitrogen and oxygen atoms in total. The van der Waals surface area contributed by atoms with Gasteiger partial charge in [-0.05, 0) is 30.5 Å². The number of rotatable bonds is 9. The lowest BCUT2D eigenvalue weighted by Gasteiger charge is -2.16. The van der Waals surface area contributed by atoms with Crippen LogP contribution in [0.5, 0.6) is 17.2 Å². The molecular weight excluding hydrogens is 262 g/mol. The van der Waals surface area contributed by atoms with Gasteiger partial charge in [0, 0.05) is 12.3 Å². The van der Waals surface area contributed by atoms with Crippen LogP contribution in [0.1, 0.15) is 12.5 Å². The van der Waals surface area contributed by atoms with Crippen molar-refractivity contribution >= 4 is 11.8 Å². The van der Waals surface area contributed by atoms with Crippen LogP contribution < -0.4 is 19.5 Å². The molecule has 0 bridgehead atoms. The maximum Gasteiger partial charge on any atom is 0.203 e. The third-order valence-corrected chi connectivity index (χ3v) is 3.44. The summed E-state index contributed by atoms with van der Waals surface area (Å²) in [5.74, 6) is 4.17. The topological polar surface area (TPSA) is 39.7 Å². The lowest BCUT2D eigenvalue weighted by atomic mass is 10.2. The van der Waals surface area contributed by atoms with Crippen molar-refractivity contribution in [2.45, 2.75) is 13.5 Å². The number of methoxy groups -OCH3 is 2. The highest BCUT2D eigenvalue weighted by molar-refractivity contribution is 7.99. The average molecular weight is 285 g/mol. The Morgan fingerprint density at radius 3 is 2.26 bits per heavy atom. The second-order valence-electron chi connectivity index (χ2n) is 3.91. The molecule has 0 spiro atoms. The summed E-state index contributed by atoms with van der Waals surface area (Å²) in [5.41, 5.74) is 1.10. The van der Waals surface area contributed by atoms with E-state index in [-0.39, 0.29) is 0 Å². The van der Waals surface area contributed by atoms with E-state index in [0.29, 0.717) is 23.9 Å². The predicted octanol–water partition coefficient (Wildman–Crippen LogP) is 2.56. The molecule has 0 aliphatic heterocycles. The quantitative estimate of drug-likeness (QED) is 0.706. The van der Waals surface area contributed by atoms with Crippen molar-refractivity contribution in [3.8, 4) is 17.2 Å². The third kappa shape index (κ3) is 4.84. The first-order chi connectivity index (χ1) is 9.26. The molecule has 1 aromatic rings. The largest absolute Gasteiger partial charge is 0.493 e. The lowest BCUT2D eigenvalue weighted by molar-refractivity contribution is 0.290.